The van der Waals surface area contributed by atoms with E-state index in [1.807, 2.05) is 19.9 Å². The molecule has 0 amide bonds. The SMILES string of the molecule is CCSc1oc(C)cc1C1C(C#N)=C(N)N(c2ccc(Cl)c(Cl)c2)C2=C1C(=O)CCC2. The lowest BCUT2D eigenvalue weighted by Crippen LogP contribution is -2.38. The van der Waals surface area contributed by atoms with Crippen molar-refractivity contribution >= 4 is 46.4 Å². The Morgan fingerprint density at radius 3 is 2.74 bits per heavy atom. The number of furan rings is 1. The van der Waals surface area contributed by atoms with Crippen molar-refractivity contribution < 1.29 is 9.21 Å². The number of rotatable bonds is 4. The highest BCUT2D eigenvalue weighted by Crippen LogP contribution is 2.49. The maximum Gasteiger partial charge on any atom is 0.164 e. The standard InChI is InChI=1S/C23H21Cl2N3O2S/c1-3-31-23-14(9-12(2)30-23)20-15(11-26)22(27)28(13-7-8-16(24)17(25)10-13)18-5-4-6-19(29)21(18)20/h7-10,20H,3-6,27H2,1-2H3. The quantitative estimate of drug-likeness (QED) is 0.523. The van der Waals surface area contributed by atoms with Gasteiger partial charge in [-0.05, 0) is 49.8 Å². The summed E-state index contributed by atoms with van der Waals surface area (Å²) in [6.07, 6.45) is 1.83. The molecule has 8 heteroatoms. The number of allylic oxidation sites excluding steroid dienone is 3. The number of carbonyl (C=O) groups excluding carboxylic acids is 1. The molecule has 2 aliphatic rings. The van der Waals surface area contributed by atoms with Crippen LogP contribution in [0.1, 0.15) is 43.4 Å². The minimum absolute atomic E-state index is 0.0304. The highest BCUT2D eigenvalue weighted by Gasteiger charge is 2.42. The number of benzene rings is 1. The summed E-state index contributed by atoms with van der Waals surface area (Å²) >= 11 is 13.9. The molecule has 1 aliphatic heterocycles. The number of anilines is 1. The molecule has 2 N–H and O–H groups in total. The lowest BCUT2D eigenvalue weighted by molar-refractivity contribution is -0.116. The largest absolute Gasteiger partial charge is 0.455 e. The molecule has 5 nitrogen and oxygen atoms in total. The third-order valence-corrected chi connectivity index (χ3v) is 7.12. The molecule has 2 heterocycles. The van der Waals surface area contributed by atoms with E-state index in [-0.39, 0.29) is 5.78 Å². The minimum Gasteiger partial charge on any atom is -0.455 e. The Kier molecular flexibility index (Phi) is 6.11. The molecule has 0 saturated heterocycles. The molecule has 0 bridgehead atoms. The topological polar surface area (TPSA) is 83.3 Å². The van der Waals surface area contributed by atoms with E-state index < -0.39 is 5.92 Å². The molecule has 160 valence electrons. The van der Waals surface area contributed by atoms with Crippen LogP contribution >= 0.6 is 35.0 Å². The fraction of sp³-hybridized carbons (Fsp3) is 0.304. The van der Waals surface area contributed by atoms with Gasteiger partial charge < -0.3 is 10.2 Å². The predicted octanol–water partition coefficient (Wildman–Crippen LogP) is 6.31. The van der Waals surface area contributed by atoms with E-state index in [0.29, 0.717) is 45.5 Å². The van der Waals surface area contributed by atoms with Crippen molar-refractivity contribution in [1.82, 2.24) is 0 Å². The van der Waals surface area contributed by atoms with Crippen molar-refractivity contribution in [3.05, 3.63) is 68.3 Å². The van der Waals surface area contributed by atoms with Crippen molar-refractivity contribution in [2.24, 2.45) is 5.73 Å². The molecule has 1 atom stereocenters. The monoisotopic (exact) mass is 473 g/mol. The Labute approximate surface area is 195 Å². The summed E-state index contributed by atoms with van der Waals surface area (Å²) in [7, 11) is 0. The van der Waals surface area contributed by atoms with E-state index in [0.717, 1.165) is 34.3 Å². The molecule has 2 aromatic rings. The number of nitrogens with zero attached hydrogens (tertiary/aromatic N) is 2. The van der Waals surface area contributed by atoms with Crippen LogP contribution in [0, 0.1) is 18.3 Å². The summed E-state index contributed by atoms with van der Waals surface area (Å²) in [6, 6.07) is 9.37. The Bertz CT molecular complexity index is 1180. The average molecular weight is 474 g/mol. The Morgan fingerprint density at radius 2 is 2.06 bits per heavy atom. The van der Waals surface area contributed by atoms with E-state index >= 15 is 0 Å². The number of nitriles is 1. The van der Waals surface area contributed by atoms with Gasteiger partial charge in [-0.15, -0.1) is 0 Å². The maximum absolute atomic E-state index is 13.2. The Balaban J connectivity index is 1.97. The molecule has 0 fully saturated rings. The number of nitrogens with two attached hydrogens (primary N) is 1. The van der Waals surface area contributed by atoms with E-state index in [2.05, 4.69) is 6.07 Å². The number of carbonyl (C=O) groups is 1. The predicted molar refractivity (Wildman–Crippen MR) is 124 cm³/mol. The number of halogens is 2. The van der Waals surface area contributed by atoms with E-state index in [1.54, 1.807) is 34.9 Å². The first-order chi connectivity index (χ1) is 14.9. The van der Waals surface area contributed by atoms with Gasteiger partial charge in [0.05, 0.1) is 27.6 Å². The summed E-state index contributed by atoms with van der Waals surface area (Å²) in [5, 5.41) is 11.7. The average Bonchev–Trinajstić information content (AvgIpc) is 3.09. The summed E-state index contributed by atoms with van der Waals surface area (Å²) in [5.74, 6) is 1.33. The summed E-state index contributed by atoms with van der Waals surface area (Å²) < 4.78 is 5.90. The van der Waals surface area contributed by atoms with Crippen LogP contribution in [0.2, 0.25) is 10.0 Å². The highest BCUT2D eigenvalue weighted by molar-refractivity contribution is 7.99. The zero-order valence-electron chi connectivity index (χ0n) is 17.2. The fourth-order valence-electron chi connectivity index (χ4n) is 4.27. The fourth-order valence-corrected chi connectivity index (χ4v) is 5.36. The molecular formula is C23H21Cl2N3O2S. The van der Waals surface area contributed by atoms with E-state index in [4.69, 9.17) is 33.4 Å². The maximum atomic E-state index is 13.2. The zero-order chi connectivity index (χ0) is 22.3. The molecule has 1 aliphatic carbocycles. The van der Waals surface area contributed by atoms with Crippen molar-refractivity contribution in [1.29, 1.82) is 5.26 Å². The van der Waals surface area contributed by atoms with E-state index in [1.165, 1.54) is 0 Å². The number of ketones is 1. The molecule has 0 saturated carbocycles. The molecule has 0 radical (unpaired) electrons. The van der Waals surface area contributed by atoms with Crippen LogP contribution in [0.15, 0.2) is 56.4 Å². The summed E-state index contributed by atoms with van der Waals surface area (Å²) in [5.41, 5.74) is 9.83. The van der Waals surface area contributed by atoms with Gasteiger partial charge in [0.15, 0.2) is 10.9 Å². The second-order valence-corrected chi connectivity index (χ2v) is 9.50. The first-order valence-corrected chi connectivity index (χ1v) is 11.8. The molecule has 0 spiro atoms. The lowest BCUT2D eigenvalue weighted by Gasteiger charge is -2.39. The van der Waals surface area contributed by atoms with Gasteiger partial charge in [-0.2, -0.15) is 5.26 Å². The van der Waals surface area contributed by atoms with Crippen molar-refractivity contribution in [3.63, 3.8) is 0 Å². The molecule has 1 aromatic heterocycles. The minimum atomic E-state index is -0.543. The first kappa shape index (κ1) is 21.9. The summed E-state index contributed by atoms with van der Waals surface area (Å²) in [4.78, 5) is 15.0. The van der Waals surface area contributed by atoms with Gasteiger partial charge in [-0.1, -0.05) is 41.9 Å². The molecular weight excluding hydrogens is 453 g/mol. The van der Waals surface area contributed by atoms with Gasteiger partial charge in [-0.25, -0.2) is 0 Å². The normalized spacial score (nSPS) is 19.0. The van der Waals surface area contributed by atoms with Crippen LogP contribution in [0.5, 0.6) is 0 Å². The van der Waals surface area contributed by atoms with Gasteiger partial charge in [0, 0.05) is 28.9 Å². The number of Topliss-reactive ketones (excluding diaryl/α,β-unsaturated/α-hetero) is 1. The Hall–Kier alpha value is -2.33. The number of aryl methyl sites for hydroxylation is 1. The number of thioether (sulfide) groups is 1. The molecule has 31 heavy (non-hydrogen) atoms. The van der Waals surface area contributed by atoms with Crippen molar-refractivity contribution in [2.75, 3.05) is 10.7 Å². The van der Waals surface area contributed by atoms with E-state index in [9.17, 15) is 10.1 Å². The molecule has 4 rings (SSSR count). The van der Waals surface area contributed by atoms with Gasteiger partial charge in [0.1, 0.15) is 11.6 Å². The van der Waals surface area contributed by atoms with Gasteiger partial charge in [0.25, 0.3) is 0 Å². The highest BCUT2D eigenvalue weighted by atomic mass is 35.5. The number of hydrogen-bond acceptors (Lipinski definition) is 6. The van der Waals surface area contributed by atoms with Crippen LogP contribution in [0.3, 0.4) is 0 Å². The Morgan fingerprint density at radius 1 is 1.29 bits per heavy atom. The zero-order valence-corrected chi connectivity index (χ0v) is 19.5. The van der Waals surface area contributed by atoms with Crippen LogP contribution in [-0.4, -0.2) is 11.5 Å². The second-order valence-electron chi connectivity index (χ2n) is 7.45. The smallest absolute Gasteiger partial charge is 0.164 e. The van der Waals surface area contributed by atoms with Gasteiger partial charge >= 0.3 is 0 Å². The van der Waals surface area contributed by atoms with Gasteiger partial charge in [0.2, 0.25) is 0 Å². The van der Waals surface area contributed by atoms with Crippen molar-refractivity contribution in [2.45, 2.75) is 44.1 Å². The van der Waals surface area contributed by atoms with Crippen LogP contribution < -0.4 is 10.6 Å². The van der Waals surface area contributed by atoms with Gasteiger partial charge in [-0.3, -0.25) is 9.69 Å². The third kappa shape index (κ3) is 3.76. The molecule has 1 unspecified atom stereocenters. The number of hydrogen-bond donors (Lipinski definition) is 1. The second kappa shape index (κ2) is 8.66. The van der Waals surface area contributed by atoms with Crippen LogP contribution in [-0.2, 0) is 4.79 Å². The van der Waals surface area contributed by atoms with Crippen LogP contribution in [0.4, 0.5) is 5.69 Å². The first-order valence-electron chi connectivity index (χ1n) is 10.0. The molecule has 1 aromatic carbocycles. The van der Waals surface area contributed by atoms with Crippen molar-refractivity contribution in [3.8, 4) is 6.07 Å². The summed E-state index contributed by atoms with van der Waals surface area (Å²) in [6.45, 7) is 3.90. The third-order valence-electron chi connectivity index (χ3n) is 5.51. The van der Waals surface area contributed by atoms with Crippen LogP contribution in [0.25, 0.3) is 0 Å². The lowest BCUT2D eigenvalue weighted by atomic mass is 9.76.